The minimum absolute atomic E-state index is 0.210. The quantitative estimate of drug-likeness (QED) is 0.755. The van der Waals surface area contributed by atoms with E-state index in [9.17, 15) is 31.5 Å². The molecule has 2 heterocycles. The molecular weight excluding hydrogens is 403 g/mol. The Hall–Kier alpha value is -2.70. The topological polar surface area (TPSA) is 127 Å². The van der Waals surface area contributed by atoms with Crippen molar-refractivity contribution in [1.29, 1.82) is 0 Å². The van der Waals surface area contributed by atoms with Crippen LogP contribution in [-0.2, 0) is 16.0 Å². The molecule has 0 saturated heterocycles. The van der Waals surface area contributed by atoms with E-state index in [4.69, 9.17) is 0 Å². The summed E-state index contributed by atoms with van der Waals surface area (Å²) in [5.41, 5.74) is -2.59. The Morgan fingerprint density at radius 2 is 1.89 bits per heavy atom. The molecule has 3 rings (SSSR count). The van der Waals surface area contributed by atoms with Crippen LogP contribution in [0.25, 0.3) is 5.82 Å². The number of aromatic nitrogens is 4. The number of hydrogen-bond donors (Lipinski definition) is 2. The van der Waals surface area contributed by atoms with Crippen LogP contribution in [0.15, 0.2) is 17.2 Å². The van der Waals surface area contributed by atoms with Crippen LogP contribution >= 0.6 is 0 Å². The van der Waals surface area contributed by atoms with E-state index in [1.807, 2.05) is 0 Å². The second-order valence-electron chi connectivity index (χ2n) is 6.41. The zero-order chi connectivity index (χ0) is 20.7. The van der Waals surface area contributed by atoms with Gasteiger partial charge in [0.1, 0.15) is 11.4 Å². The van der Waals surface area contributed by atoms with Gasteiger partial charge in [-0.15, -0.1) is 10.2 Å². The number of aromatic carboxylic acids is 1. The van der Waals surface area contributed by atoms with Gasteiger partial charge in [-0.25, -0.2) is 13.2 Å². The van der Waals surface area contributed by atoms with E-state index in [1.165, 1.54) is 0 Å². The predicted molar refractivity (Wildman–Crippen MR) is 90.1 cm³/mol. The van der Waals surface area contributed by atoms with Gasteiger partial charge in [0.2, 0.25) is 0 Å². The number of anilines is 1. The van der Waals surface area contributed by atoms with E-state index in [1.54, 1.807) is 0 Å². The number of nitrogens with zero attached hydrogens (tertiary/aromatic N) is 4. The van der Waals surface area contributed by atoms with Gasteiger partial charge in [0.25, 0.3) is 0 Å². The van der Waals surface area contributed by atoms with Crippen molar-refractivity contribution in [1.82, 2.24) is 20.0 Å². The number of carboxylic acids is 1. The van der Waals surface area contributed by atoms with Gasteiger partial charge in [0.15, 0.2) is 26.4 Å². The molecule has 1 aliphatic rings. The molecule has 0 unspecified atom stereocenters. The molecule has 0 radical (unpaired) electrons. The molecule has 9 nitrogen and oxygen atoms in total. The van der Waals surface area contributed by atoms with E-state index < -0.39 is 33.2 Å². The van der Waals surface area contributed by atoms with Gasteiger partial charge >= 0.3 is 12.1 Å². The first kappa shape index (κ1) is 20.0. The van der Waals surface area contributed by atoms with Gasteiger partial charge in [0.05, 0.1) is 0 Å². The molecule has 0 atom stereocenters. The summed E-state index contributed by atoms with van der Waals surface area (Å²) >= 11 is 0. The monoisotopic (exact) mass is 419 g/mol. The lowest BCUT2D eigenvalue weighted by Gasteiger charge is -2.15. The number of alkyl halides is 3. The Bertz CT molecular complexity index is 996. The summed E-state index contributed by atoms with van der Waals surface area (Å²) in [5.74, 6) is -2.40. The summed E-state index contributed by atoms with van der Waals surface area (Å²) in [6.45, 7) is 0. The maximum absolute atomic E-state index is 13.4. The van der Waals surface area contributed by atoms with Crippen LogP contribution in [0.2, 0.25) is 0 Å². The number of halogens is 3. The van der Waals surface area contributed by atoms with Gasteiger partial charge < -0.3 is 10.4 Å². The third-order valence-electron chi connectivity index (χ3n) is 4.29. The molecule has 28 heavy (non-hydrogen) atoms. The van der Waals surface area contributed by atoms with Gasteiger partial charge in [-0.2, -0.15) is 23.0 Å². The Labute approximate surface area is 157 Å². The maximum Gasteiger partial charge on any atom is 0.436 e. The third kappa shape index (κ3) is 3.93. The number of rotatable bonds is 5. The SMILES string of the molecule is CS(=O)(=O)c1ccc(-n2nc(C(F)(F)F)c(C(=O)O)c2NC2CCCC2)nn1. The average molecular weight is 419 g/mol. The fourth-order valence-electron chi connectivity index (χ4n) is 3.01. The standard InChI is InChI=1S/C15H16F3N5O4S/c1-28(26,27)10-7-6-9(20-21-10)23-13(19-8-4-2-3-5-8)11(14(24)25)12(22-23)15(16,17)18/h6-8,19H,2-5H2,1H3,(H,24,25). The summed E-state index contributed by atoms with van der Waals surface area (Å²) in [5, 5.41) is 22.4. The number of sulfone groups is 1. The van der Waals surface area contributed by atoms with E-state index in [0.717, 1.165) is 31.2 Å². The zero-order valence-corrected chi connectivity index (χ0v) is 15.4. The molecule has 13 heteroatoms. The molecule has 0 aliphatic heterocycles. The molecule has 152 valence electrons. The van der Waals surface area contributed by atoms with Crippen molar-refractivity contribution in [2.24, 2.45) is 0 Å². The van der Waals surface area contributed by atoms with Crippen LogP contribution in [0.1, 0.15) is 41.7 Å². The normalized spacial score (nSPS) is 15.7. The maximum atomic E-state index is 13.4. The van der Waals surface area contributed by atoms with Crippen LogP contribution in [0.3, 0.4) is 0 Å². The van der Waals surface area contributed by atoms with E-state index in [2.05, 4.69) is 20.6 Å². The molecule has 2 N–H and O–H groups in total. The van der Waals surface area contributed by atoms with Crippen LogP contribution in [0, 0.1) is 0 Å². The fraction of sp³-hybridized carbons (Fsp3) is 0.467. The molecule has 1 saturated carbocycles. The Balaban J connectivity index is 2.16. The molecule has 1 aliphatic carbocycles. The molecule has 0 aromatic carbocycles. The summed E-state index contributed by atoms with van der Waals surface area (Å²) in [6, 6.07) is 1.96. The Morgan fingerprint density at radius 3 is 2.36 bits per heavy atom. The molecule has 1 fully saturated rings. The van der Waals surface area contributed by atoms with Crippen molar-refractivity contribution in [3.8, 4) is 5.82 Å². The van der Waals surface area contributed by atoms with Crippen LogP contribution in [0.4, 0.5) is 19.0 Å². The van der Waals surface area contributed by atoms with Crippen molar-refractivity contribution in [2.45, 2.75) is 42.9 Å². The van der Waals surface area contributed by atoms with Crippen LogP contribution in [-0.4, -0.2) is 51.8 Å². The lowest BCUT2D eigenvalue weighted by molar-refractivity contribution is -0.141. The number of nitrogens with one attached hydrogen (secondary N) is 1. The lowest BCUT2D eigenvalue weighted by atomic mass is 10.2. The molecule has 0 spiro atoms. The highest BCUT2D eigenvalue weighted by atomic mass is 32.2. The van der Waals surface area contributed by atoms with E-state index >= 15 is 0 Å². The first-order chi connectivity index (χ1) is 13.0. The van der Waals surface area contributed by atoms with Crippen molar-refractivity contribution in [2.75, 3.05) is 11.6 Å². The number of hydrogen-bond acceptors (Lipinski definition) is 7. The van der Waals surface area contributed by atoms with Gasteiger partial charge in [-0.1, -0.05) is 12.8 Å². The molecule has 0 bridgehead atoms. The molecule has 2 aromatic heterocycles. The zero-order valence-electron chi connectivity index (χ0n) is 14.6. The summed E-state index contributed by atoms with van der Waals surface area (Å²) in [4.78, 5) is 11.6. The lowest BCUT2D eigenvalue weighted by Crippen LogP contribution is -2.20. The third-order valence-corrected chi connectivity index (χ3v) is 5.26. The first-order valence-corrected chi connectivity index (χ1v) is 10.1. The largest absolute Gasteiger partial charge is 0.477 e. The minimum atomic E-state index is -5.01. The molecule has 0 amide bonds. The van der Waals surface area contributed by atoms with Crippen molar-refractivity contribution in [3.63, 3.8) is 0 Å². The second kappa shape index (κ2) is 7.04. The van der Waals surface area contributed by atoms with Crippen molar-refractivity contribution < 1.29 is 31.5 Å². The number of carboxylic acid groups (broad SMARTS) is 1. The van der Waals surface area contributed by atoms with E-state index in [0.29, 0.717) is 17.5 Å². The fourth-order valence-corrected chi connectivity index (χ4v) is 3.51. The summed E-state index contributed by atoms with van der Waals surface area (Å²) in [7, 11) is -3.66. The molecule has 2 aromatic rings. The van der Waals surface area contributed by atoms with Crippen molar-refractivity contribution >= 4 is 21.6 Å². The summed E-state index contributed by atoms with van der Waals surface area (Å²) < 4.78 is 63.8. The highest BCUT2D eigenvalue weighted by Gasteiger charge is 2.42. The first-order valence-electron chi connectivity index (χ1n) is 8.22. The predicted octanol–water partition coefficient (Wildman–Crippen LogP) is 2.14. The Kier molecular flexibility index (Phi) is 5.04. The van der Waals surface area contributed by atoms with Crippen molar-refractivity contribution in [3.05, 3.63) is 23.4 Å². The van der Waals surface area contributed by atoms with Gasteiger partial charge in [-0.3, -0.25) is 0 Å². The smallest absolute Gasteiger partial charge is 0.436 e. The van der Waals surface area contributed by atoms with E-state index in [-0.39, 0.29) is 22.7 Å². The van der Waals surface area contributed by atoms with Gasteiger partial charge in [-0.05, 0) is 25.0 Å². The highest BCUT2D eigenvalue weighted by molar-refractivity contribution is 7.90. The average Bonchev–Trinajstić information content (AvgIpc) is 3.22. The second-order valence-corrected chi connectivity index (χ2v) is 8.38. The molecular formula is C15H16F3N5O4S. The Morgan fingerprint density at radius 1 is 1.25 bits per heavy atom. The van der Waals surface area contributed by atoms with Crippen LogP contribution < -0.4 is 5.32 Å². The minimum Gasteiger partial charge on any atom is -0.477 e. The van der Waals surface area contributed by atoms with Crippen LogP contribution in [0.5, 0.6) is 0 Å². The number of carbonyl (C=O) groups is 1. The highest BCUT2D eigenvalue weighted by Crippen LogP contribution is 2.36. The van der Waals surface area contributed by atoms with Gasteiger partial charge in [0, 0.05) is 12.3 Å². The summed E-state index contributed by atoms with van der Waals surface area (Å²) in [6.07, 6.45) is -1.03.